The quantitative estimate of drug-likeness (QED) is 0.528. The SMILES string of the molecule is C=CC(=O)OC1CCC2C3CCCC3CC12. The molecule has 0 amide bonds. The van der Waals surface area contributed by atoms with Gasteiger partial charge in [-0.05, 0) is 49.4 Å². The van der Waals surface area contributed by atoms with E-state index >= 15 is 0 Å². The molecule has 88 valence electrons. The van der Waals surface area contributed by atoms with Crippen LogP contribution < -0.4 is 0 Å². The third kappa shape index (κ3) is 1.50. The molecule has 2 nitrogen and oxygen atoms in total. The molecule has 0 heterocycles. The lowest BCUT2D eigenvalue weighted by Gasteiger charge is -2.19. The maximum atomic E-state index is 11.3. The van der Waals surface area contributed by atoms with Gasteiger partial charge in [0.2, 0.25) is 0 Å². The molecule has 3 fully saturated rings. The average molecular weight is 220 g/mol. The Morgan fingerprint density at radius 2 is 2.00 bits per heavy atom. The fourth-order valence-corrected chi connectivity index (χ4v) is 4.53. The zero-order valence-electron chi connectivity index (χ0n) is 9.73. The zero-order chi connectivity index (χ0) is 11.1. The number of esters is 1. The molecule has 3 saturated carbocycles. The van der Waals surface area contributed by atoms with E-state index in [1.54, 1.807) is 0 Å². The predicted octanol–water partition coefficient (Wildman–Crippen LogP) is 2.93. The first-order valence-electron chi connectivity index (χ1n) is 6.62. The molecular weight excluding hydrogens is 200 g/mol. The number of carbonyl (C=O) groups is 1. The lowest BCUT2D eigenvalue weighted by Crippen LogP contribution is -2.22. The Morgan fingerprint density at radius 3 is 2.81 bits per heavy atom. The Morgan fingerprint density at radius 1 is 1.12 bits per heavy atom. The lowest BCUT2D eigenvalue weighted by atomic mass is 9.89. The molecule has 0 spiro atoms. The standard InChI is InChI=1S/C14H20O2/c1-2-14(15)16-13-7-6-11-10-5-3-4-9(10)8-12(11)13/h2,9-13H,1,3-8H2. The molecular formula is C14H20O2. The van der Waals surface area contributed by atoms with E-state index in [1.807, 2.05) is 0 Å². The van der Waals surface area contributed by atoms with E-state index in [-0.39, 0.29) is 12.1 Å². The highest BCUT2D eigenvalue weighted by Gasteiger charge is 2.51. The summed E-state index contributed by atoms with van der Waals surface area (Å²) in [5.74, 6) is 3.19. The van der Waals surface area contributed by atoms with Crippen LogP contribution in [-0.2, 0) is 9.53 Å². The van der Waals surface area contributed by atoms with E-state index in [9.17, 15) is 4.79 Å². The first kappa shape index (κ1) is 10.4. The number of carbonyl (C=O) groups excluding carboxylic acids is 1. The third-order valence-electron chi connectivity index (χ3n) is 5.09. The van der Waals surface area contributed by atoms with Gasteiger partial charge in [-0.3, -0.25) is 0 Å². The number of ether oxygens (including phenoxy) is 1. The molecule has 5 atom stereocenters. The maximum absolute atomic E-state index is 11.3. The van der Waals surface area contributed by atoms with E-state index in [0.29, 0.717) is 5.92 Å². The fourth-order valence-electron chi connectivity index (χ4n) is 4.53. The summed E-state index contributed by atoms with van der Waals surface area (Å²) in [6.45, 7) is 3.47. The van der Waals surface area contributed by atoms with Crippen molar-refractivity contribution in [3.05, 3.63) is 12.7 Å². The molecule has 3 rings (SSSR count). The largest absolute Gasteiger partial charge is 0.459 e. The summed E-state index contributed by atoms with van der Waals surface area (Å²) in [4.78, 5) is 11.3. The maximum Gasteiger partial charge on any atom is 0.330 e. The van der Waals surface area contributed by atoms with Gasteiger partial charge in [0.15, 0.2) is 0 Å². The van der Waals surface area contributed by atoms with Crippen LogP contribution in [0.3, 0.4) is 0 Å². The number of hydrogen-bond acceptors (Lipinski definition) is 2. The molecule has 0 aromatic carbocycles. The zero-order valence-corrected chi connectivity index (χ0v) is 9.73. The van der Waals surface area contributed by atoms with Gasteiger partial charge in [0, 0.05) is 6.08 Å². The van der Waals surface area contributed by atoms with E-state index in [1.165, 1.54) is 38.2 Å². The molecule has 0 aromatic rings. The highest BCUT2D eigenvalue weighted by atomic mass is 16.5. The molecule has 0 N–H and O–H groups in total. The van der Waals surface area contributed by atoms with Gasteiger partial charge in [-0.25, -0.2) is 4.79 Å². The van der Waals surface area contributed by atoms with Crippen LogP contribution in [0.2, 0.25) is 0 Å². The van der Waals surface area contributed by atoms with Crippen LogP contribution in [0.25, 0.3) is 0 Å². The van der Waals surface area contributed by atoms with Gasteiger partial charge in [-0.1, -0.05) is 19.4 Å². The van der Waals surface area contributed by atoms with Crippen molar-refractivity contribution in [2.45, 2.75) is 44.6 Å². The molecule has 0 saturated heterocycles. The van der Waals surface area contributed by atoms with Gasteiger partial charge in [0.25, 0.3) is 0 Å². The second-order valence-corrected chi connectivity index (χ2v) is 5.68. The molecule has 16 heavy (non-hydrogen) atoms. The molecule has 2 heteroatoms. The van der Waals surface area contributed by atoms with Crippen LogP contribution in [0.5, 0.6) is 0 Å². The Hall–Kier alpha value is -0.790. The van der Waals surface area contributed by atoms with Gasteiger partial charge < -0.3 is 4.74 Å². The van der Waals surface area contributed by atoms with Crippen molar-refractivity contribution in [1.29, 1.82) is 0 Å². The minimum absolute atomic E-state index is 0.195. The molecule has 0 aromatic heterocycles. The molecule has 3 aliphatic rings. The van der Waals surface area contributed by atoms with Crippen LogP contribution in [0, 0.1) is 23.7 Å². The summed E-state index contributed by atoms with van der Waals surface area (Å²) in [6.07, 6.45) is 9.43. The molecule has 5 unspecified atom stereocenters. The predicted molar refractivity (Wildman–Crippen MR) is 61.7 cm³/mol. The van der Waals surface area contributed by atoms with E-state index in [2.05, 4.69) is 6.58 Å². The van der Waals surface area contributed by atoms with Gasteiger partial charge in [0.1, 0.15) is 6.10 Å². The molecule has 0 radical (unpaired) electrons. The second kappa shape index (κ2) is 3.90. The highest BCUT2D eigenvalue weighted by Crippen LogP contribution is 2.57. The Bertz CT molecular complexity index is 310. The fraction of sp³-hybridized carbons (Fsp3) is 0.786. The summed E-state index contributed by atoms with van der Waals surface area (Å²) in [6, 6.07) is 0. The monoisotopic (exact) mass is 220 g/mol. The molecule has 3 aliphatic carbocycles. The smallest absolute Gasteiger partial charge is 0.330 e. The van der Waals surface area contributed by atoms with Crippen molar-refractivity contribution in [2.24, 2.45) is 23.7 Å². The lowest BCUT2D eigenvalue weighted by molar-refractivity contribution is -0.144. The highest BCUT2D eigenvalue weighted by molar-refractivity contribution is 5.81. The summed E-state index contributed by atoms with van der Waals surface area (Å²) < 4.78 is 5.48. The number of rotatable bonds is 2. The van der Waals surface area contributed by atoms with E-state index in [4.69, 9.17) is 4.74 Å². The first-order valence-corrected chi connectivity index (χ1v) is 6.62. The van der Waals surface area contributed by atoms with Crippen LogP contribution in [-0.4, -0.2) is 12.1 Å². The molecule has 0 aliphatic heterocycles. The average Bonchev–Trinajstić information content (AvgIpc) is 2.91. The van der Waals surface area contributed by atoms with Crippen molar-refractivity contribution in [3.63, 3.8) is 0 Å². The van der Waals surface area contributed by atoms with Gasteiger partial charge in [-0.15, -0.1) is 0 Å². The van der Waals surface area contributed by atoms with E-state index in [0.717, 1.165) is 24.2 Å². The third-order valence-corrected chi connectivity index (χ3v) is 5.09. The summed E-state index contributed by atoms with van der Waals surface area (Å²) >= 11 is 0. The summed E-state index contributed by atoms with van der Waals surface area (Å²) in [7, 11) is 0. The summed E-state index contributed by atoms with van der Waals surface area (Å²) in [5, 5.41) is 0. The van der Waals surface area contributed by atoms with Crippen LogP contribution in [0.4, 0.5) is 0 Å². The Labute approximate surface area is 97.1 Å². The Kier molecular flexibility index (Phi) is 2.53. The number of hydrogen-bond donors (Lipinski definition) is 0. The minimum atomic E-state index is -0.234. The Balaban J connectivity index is 1.68. The topological polar surface area (TPSA) is 26.3 Å². The number of fused-ring (bicyclic) bond motifs is 3. The molecule has 0 bridgehead atoms. The van der Waals surface area contributed by atoms with Crippen molar-refractivity contribution in [2.75, 3.05) is 0 Å². The van der Waals surface area contributed by atoms with Crippen molar-refractivity contribution in [1.82, 2.24) is 0 Å². The van der Waals surface area contributed by atoms with Gasteiger partial charge in [0.05, 0.1) is 0 Å². The minimum Gasteiger partial charge on any atom is -0.459 e. The van der Waals surface area contributed by atoms with Crippen molar-refractivity contribution >= 4 is 5.97 Å². The van der Waals surface area contributed by atoms with Crippen LogP contribution in [0.15, 0.2) is 12.7 Å². The van der Waals surface area contributed by atoms with Crippen LogP contribution in [0.1, 0.15) is 38.5 Å². The van der Waals surface area contributed by atoms with Crippen LogP contribution >= 0.6 is 0 Å². The first-order chi connectivity index (χ1) is 7.79. The second-order valence-electron chi connectivity index (χ2n) is 5.68. The van der Waals surface area contributed by atoms with Crippen molar-refractivity contribution < 1.29 is 9.53 Å². The van der Waals surface area contributed by atoms with Crippen molar-refractivity contribution in [3.8, 4) is 0 Å². The normalized spacial score (nSPS) is 45.1. The van der Waals surface area contributed by atoms with E-state index < -0.39 is 0 Å². The van der Waals surface area contributed by atoms with Gasteiger partial charge >= 0.3 is 5.97 Å². The summed E-state index contributed by atoms with van der Waals surface area (Å²) in [5.41, 5.74) is 0. The van der Waals surface area contributed by atoms with Gasteiger partial charge in [-0.2, -0.15) is 0 Å².